The summed E-state index contributed by atoms with van der Waals surface area (Å²) in [6.45, 7) is 3.92. The van der Waals surface area contributed by atoms with Crippen LogP contribution in [0.2, 0.25) is 0 Å². The summed E-state index contributed by atoms with van der Waals surface area (Å²) in [7, 11) is -3.97. The van der Waals surface area contributed by atoms with Crippen LogP contribution in [0, 0.1) is 6.92 Å². The highest BCUT2D eigenvalue weighted by Gasteiger charge is 2.32. The average molecular weight is 500 g/mol. The maximum atomic E-state index is 13.1. The van der Waals surface area contributed by atoms with Crippen LogP contribution in [-0.4, -0.2) is 62.4 Å². The minimum Gasteiger partial charge on any atom is -0.450 e. The van der Waals surface area contributed by atoms with E-state index in [0.717, 1.165) is 12.1 Å². The van der Waals surface area contributed by atoms with E-state index in [4.69, 9.17) is 4.74 Å². The molecule has 1 saturated heterocycles. The summed E-state index contributed by atoms with van der Waals surface area (Å²) in [5.74, 6) is -0.735. The molecule has 0 radical (unpaired) electrons. The Morgan fingerprint density at radius 2 is 1.74 bits per heavy atom. The van der Waals surface area contributed by atoms with Crippen molar-refractivity contribution in [2.45, 2.75) is 24.9 Å². The second kappa shape index (κ2) is 10.0. The number of amides is 2. The fourth-order valence-electron chi connectivity index (χ4n) is 3.45. The molecule has 1 aliphatic heterocycles. The van der Waals surface area contributed by atoms with Crippen LogP contribution in [0.25, 0.3) is 0 Å². The first-order valence-electron chi connectivity index (χ1n) is 10.4. The highest BCUT2D eigenvalue weighted by atomic mass is 32.2. The molecule has 1 N–H and O–H groups in total. The van der Waals surface area contributed by atoms with Gasteiger partial charge in [-0.05, 0) is 49.7 Å². The highest BCUT2D eigenvalue weighted by Crippen LogP contribution is 2.31. The van der Waals surface area contributed by atoms with Gasteiger partial charge in [0.25, 0.3) is 5.91 Å². The number of aryl methyl sites for hydroxylation is 1. The molecule has 0 spiro atoms. The number of benzene rings is 2. The maximum Gasteiger partial charge on any atom is 0.416 e. The first kappa shape index (κ1) is 25.5. The van der Waals surface area contributed by atoms with E-state index in [9.17, 15) is 31.2 Å². The molecule has 3 rings (SSSR count). The number of carbonyl (C=O) groups is 2. The topological polar surface area (TPSA) is 96.0 Å². The molecule has 0 aliphatic carbocycles. The van der Waals surface area contributed by atoms with Crippen LogP contribution in [0.5, 0.6) is 0 Å². The van der Waals surface area contributed by atoms with Gasteiger partial charge in [-0.15, -0.1) is 0 Å². The van der Waals surface area contributed by atoms with Crippen molar-refractivity contribution < 1.29 is 35.9 Å². The monoisotopic (exact) mass is 499 g/mol. The summed E-state index contributed by atoms with van der Waals surface area (Å²) < 4.78 is 71.2. The third-order valence-electron chi connectivity index (χ3n) is 5.30. The standard InChI is InChI=1S/C22H24F3N3O5S/c1-3-33-21(30)27-9-11-28(12-10-27)34(31,32)18-8-7-15(2)19(14-18)20(29)26-17-6-4-5-16(13-17)22(23,24)25/h4-8,13-14H,3,9-12H2,1-2H3,(H,26,29). The van der Waals surface area contributed by atoms with E-state index in [1.165, 1.54) is 39.5 Å². The van der Waals surface area contributed by atoms with E-state index in [-0.39, 0.29) is 48.9 Å². The molecule has 2 aromatic rings. The summed E-state index contributed by atoms with van der Waals surface area (Å²) in [5.41, 5.74) is -0.512. The fourth-order valence-corrected chi connectivity index (χ4v) is 4.90. The third kappa shape index (κ3) is 5.68. The minimum atomic E-state index is -4.57. The number of anilines is 1. The zero-order chi connectivity index (χ0) is 25.1. The summed E-state index contributed by atoms with van der Waals surface area (Å²) in [6, 6.07) is 8.19. The van der Waals surface area contributed by atoms with Gasteiger partial charge in [-0.2, -0.15) is 17.5 Å². The smallest absolute Gasteiger partial charge is 0.416 e. The van der Waals surface area contributed by atoms with Crippen LogP contribution in [0.3, 0.4) is 0 Å². The molecular weight excluding hydrogens is 475 g/mol. The maximum absolute atomic E-state index is 13.1. The van der Waals surface area contributed by atoms with Crippen molar-refractivity contribution in [1.29, 1.82) is 0 Å². The number of nitrogens with one attached hydrogen (secondary N) is 1. The normalized spacial score (nSPS) is 15.1. The molecule has 12 heteroatoms. The van der Waals surface area contributed by atoms with Gasteiger partial charge in [0.15, 0.2) is 0 Å². The van der Waals surface area contributed by atoms with E-state index in [1.54, 1.807) is 13.8 Å². The van der Waals surface area contributed by atoms with Crippen molar-refractivity contribution in [2.75, 3.05) is 38.1 Å². The number of halogens is 3. The lowest BCUT2D eigenvalue weighted by Crippen LogP contribution is -2.50. The average Bonchev–Trinajstić information content (AvgIpc) is 2.79. The molecule has 1 heterocycles. The number of hydrogen-bond donors (Lipinski definition) is 1. The minimum absolute atomic E-state index is 0.0173. The van der Waals surface area contributed by atoms with E-state index in [0.29, 0.717) is 5.56 Å². The molecule has 8 nitrogen and oxygen atoms in total. The van der Waals surface area contributed by atoms with Crippen molar-refractivity contribution >= 4 is 27.7 Å². The van der Waals surface area contributed by atoms with Crippen molar-refractivity contribution in [1.82, 2.24) is 9.21 Å². The molecule has 0 aromatic heterocycles. The quantitative estimate of drug-likeness (QED) is 0.677. The van der Waals surface area contributed by atoms with E-state index in [2.05, 4.69) is 5.32 Å². The van der Waals surface area contributed by atoms with Crippen molar-refractivity contribution in [3.05, 3.63) is 59.2 Å². The number of nitrogens with zero attached hydrogens (tertiary/aromatic N) is 2. The third-order valence-corrected chi connectivity index (χ3v) is 7.20. The molecule has 1 fully saturated rings. The van der Waals surface area contributed by atoms with E-state index < -0.39 is 33.8 Å². The van der Waals surface area contributed by atoms with Crippen LogP contribution >= 0.6 is 0 Å². The van der Waals surface area contributed by atoms with Crippen molar-refractivity contribution in [3.63, 3.8) is 0 Å². The van der Waals surface area contributed by atoms with Gasteiger partial charge in [0.2, 0.25) is 10.0 Å². The second-order valence-electron chi connectivity index (χ2n) is 7.60. The predicted octanol–water partition coefficient (Wildman–Crippen LogP) is 3.73. The van der Waals surface area contributed by atoms with Gasteiger partial charge in [-0.3, -0.25) is 4.79 Å². The number of ether oxygens (including phenoxy) is 1. The van der Waals surface area contributed by atoms with Crippen LogP contribution in [-0.2, 0) is 20.9 Å². The number of hydrogen-bond acceptors (Lipinski definition) is 5. The Labute approximate surface area is 195 Å². The summed E-state index contributed by atoms with van der Waals surface area (Å²) in [5, 5.41) is 2.39. The molecule has 184 valence electrons. The summed E-state index contributed by atoms with van der Waals surface area (Å²) in [6.07, 6.45) is -5.08. The number of carbonyl (C=O) groups excluding carboxylic acids is 2. The van der Waals surface area contributed by atoms with Gasteiger partial charge in [0.05, 0.1) is 17.1 Å². The van der Waals surface area contributed by atoms with Gasteiger partial charge >= 0.3 is 12.3 Å². The lowest BCUT2D eigenvalue weighted by molar-refractivity contribution is -0.137. The molecule has 2 aromatic carbocycles. The Balaban J connectivity index is 1.78. The van der Waals surface area contributed by atoms with Crippen LogP contribution in [0.1, 0.15) is 28.4 Å². The Bertz CT molecular complexity index is 1180. The molecule has 34 heavy (non-hydrogen) atoms. The van der Waals surface area contributed by atoms with Gasteiger partial charge in [0, 0.05) is 37.4 Å². The zero-order valence-corrected chi connectivity index (χ0v) is 19.4. The Hall–Kier alpha value is -3.12. The summed E-state index contributed by atoms with van der Waals surface area (Å²) in [4.78, 5) is 25.9. The Kier molecular flexibility index (Phi) is 7.51. The van der Waals surface area contributed by atoms with E-state index >= 15 is 0 Å². The fraction of sp³-hybridized carbons (Fsp3) is 0.364. The first-order chi connectivity index (χ1) is 15.9. The lowest BCUT2D eigenvalue weighted by Gasteiger charge is -2.33. The number of alkyl halides is 3. The molecule has 0 unspecified atom stereocenters. The molecular formula is C22H24F3N3O5S. The summed E-state index contributed by atoms with van der Waals surface area (Å²) >= 11 is 0. The van der Waals surface area contributed by atoms with Gasteiger partial charge < -0.3 is 15.0 Å². The van der Waals surface area contributed by atoms with E-state index in [1.807, 2.05) is 0 Å². The number of rotatable bonds is 5. The highest BCUT2D eigenvalue weighted by molar-refractivity contribution is 7.89. The van der Waals surface area contributed by atoms with Gasteiger partial charge in [-0.1, -0.05) is 12.1 Å². The van der Waals surface area contributed by atoms with Crippen molar-refractivity contribution in [2.24, 2.45) is 0 Å². The molecule has 2 amide bonds. The molecule has 0 saturated carbocycles. The van der Waals surface area contributed by atoms with Gasteiger partial charge in [0.1, 0.15) is 0 Å². The molecule has 0 bridgehead atoms. The predicted molar refractivity (Wildman–Crippen MR) is 118 cm³/mol. The SMILES string of the molecule is CCOC(=O)N1CCN(S(=O)(=O)c2ccc(C)c(C(=O)Nc3cccc(C(F)(F)F)c3)c2)CC1. The van der Waals surface area contributed by atoms with Crippen LogP contribution in [0.4, 0.5) is 23.7 Å². The van der Waals surface area contributed by atoms with Gasteiger partial charge in [-0.25, -0.2) is 13.2 Å². The zero-order valence-electron chi connectivity index (χ0n) is 18.6. The first-order valence-corrected chi connectivity index (χ1v) is 11.9. The van der Waals surface area contributed by atoms with Crippen LogP contribution in [0.15, 0.2) is 47.4 Å². The lowest BCUT2D eigenvalue weighted by atomic mass is 10.1. The molecule has 1 aliphatic rings. The van der Waals surface area contributed by atoms with Crippen molar-refractivity contribution in [3.8, 4) is 0 Å². The number of sulfonamides is 1. The largest absolute Gasteiger partial charge is 0.450 e. The second-order valence-corrected chi connectivity index (χ2v) is 9.54. The van der Waals surface area contributed by atoms with Crippen LogP contribution < -0.4 is 5.32 Å². The number of piperazine rings is 1. The Morgan fingerprint density at radius 1 is 1.06 bits per heavy atom. The molecule has 0 atom stereocenters. The Morgan fingerprint density at radius 3 is 2.35 bits per heavy atom.